The van der Waals surface area contributed by atoms with E-state index in [1.165, 1.54) is 10.4 Å². The van der Waals surface area contributed by atoms with Gasteiger partial charge in [-0.2, -0.15) is 0 Å². The lowest BCUT2D eigenvalue weighted by Gasteiger charge is -2.37. The number of benzene rings is 1. The first-order valence-corrected chi connectivity index (χ1v) is 10.3. The van der Waals surface area contributed by atoms with Crippen LogP contribution in [0.25, 0.3) is 0 Å². The van der Waals surface area contributed by atoms with Gasteiger partial charge in [-0.15, -0.1) is 17.9 Å². The molecule has 0 radical (unpaired) electrons. The van der Waals surface area contributed by atoms with Crippen LogP contribution in [0.5, 0.6) is 5.75 Å². The molecule has 2 aromatic rings. The first-order chi connectivity index (χ1) is 13.6. The van der Waals surface area contributed by atoms with E-state index in [4.69, 9.17) is 4.74 Å². The van der Waals surface area contributed by atoms with Gasteiger partial charge in [0.2, 0.25) is 11.8 Å². The predicted octanol–water partition coefficient (Wildman–Crippen LogP) is 3.66. The molecule has 1 unspecified atom stereocenters. The number of thiophene rings is 1. The molecule has 5 nitrogen and oxygen atoms in total. The second-order valence-electron chi connectivity index (χ2n) is 6.73. The van der Waals surface area contributed by atoms with E-state index in [0.29, 0.717) is 19.5 Å². The minimum atomic E-state index is -0.143. The van der Waals surface area contributed by atoms with Crippen LogP contribution in [-0.2, 0) is 16.0 Å². The molecule has 28 heavy (non-hydrogen) atoms. The Morgan fingerprint density at radius 2 is 2.07 bits per heavy atom. The molecule has 0 saturated carbocycles. The van der Waals surface area contributed by atoms with Crippen molar-refractivity contribution in [2.24, 2.45) is 0 Å². The van der Waals surface area contributed by atoms with Gasteiger partial charge in [-0.05, 0) is 41.1 Å². The number of carbonyl (C=O) groups excluding carboxylic acids is 2. The lowest BCUT2D eigenvalue weighted by molar-refractivity contribution is -0.141. The molecule has 1 aromatic carbocycles. The summed E-state index contributed by atoms with van der Waals surface area (Å²) in [6, 6.07) is 9.82. The topological polar surface area (TPSA) is 49.9 Å². The number of methoxy groups -OCH3 is 1. The van der Waals surface area contributed by atoms with Crippen molar-refractivity contribution in [1.82, 2.24) is 9.80 Å². The minimum absolute atomic E-state index is 0.0394. The van der Waals surface area contributed by atoms with Gasteiger partial charge in [-0.3, -0.25) is 9.59 Å². The summed E-state index contributed by atoms with van der Waals surface area (Å²) in [6.45, 7) is 6.61. The van der Waals surface area contributed by atoms with Crippen LogP contribution in [0.4, 0.5) is 0 Å². The molecule has 1 aliphatic heterocycles. The molecule has 6 heteroatoms. The van der Waals surface area contributed by atoms with Crippen LogP contribution < -0.4 is 4.74 Å². The molecule has 1 atom stereocenters. The summed E-state index contributed by atoms with van der Waals surface area (Å²) in [5, 5.41) is 2.08. The van der Waals surface area contributed by atoms with Crippen LogP contribution in [0.15, 0.2) is 48.4 Å². The van der Waals surface area contributed by atoms with E-state index in [9.17, 15) is 9.59 Å². The molecule has 0 bridgehead atoms. The van der Waals surface area contributed by atoms with E-state index >= 15 is 0 Å². The zero-order valence-electron chi connectivity index (χ0n) is 16.4. The number of amides is 2. The van der Waals surface area contributed by atoms with Crippen LogP contribution in [-0.4, -0.2) is 48.4 Å². The van der Waals surface area contributed by atoms with Gasteiger partial charge in [-0.25, -0.2) is 0 Å². The Morgan fingerprint density at radius 1 is 1.32 bits per heavy atom. The molecular weight excluding hydrogens is 372 g/mol. The van der Waals surface area contributed by atoms with Gasteiger partial charge in [0.25, 0.3) is 0 Å². The fourth-order valence-electron chi connectivity index (χ4n) is 3.62. The van der Waals surface area contributed by atoms with Crippen molar-refractivity contribution in [3.05, 3.63) is 64.4 Å². The third-order valence-corrected chi connectivity index (χ3v) is 6.05. The molecule has 0 saturated heterocycles. The lowest BCUT2D eigenvalue weighted by Crippen LogP contribution is -2.46. The van der Waals surface area contributed by atoms with Gasteiger partial charge >= 0.3 is 0 Å². The molecule has 0 fully saturated rings. The molecular formula is C22H26N2O3S. The highest BCUT2D eigenvalue weighted by Crippen LogP contribution is 2.38. The van der Waals surface area contributed by atoms with E-state index in [1.807, 2.05) is 36.1 Å². The van der Waals surface area contributed by atoms with Crippen molar-refractivity contribution in [3.8, 4) is 5.75 Å². The van der Waals surface area contributed by atoms with Crippen molar-refractivity contribution in [2.75, 3.05) is 26.7 Å². The Morgan fingerprint density at radius 3 is 2.71 bits per heavy atom. The van der Waals surface area contributed by atoms with Gasteiger partial charge in [0.1, 0.15) is 12.3 Å². The van der Waals surface area contributed by atoms with Gasteiger partial charge in [-0.1, -0.05) is 25.1 Å². The number of rotatable bonds is 7. The van der Waals surface area contributed by atoms with Gasteiger partial charge in [0, 0.05) is 24.4 Å². The Bertz CT molecular complexity index is 844. The van der Waals surface area contributed by atoms with E-state index in [1.54, 1.807) is 29.4 Å². The SMILES string of the molecule is C=CCN(CC(=O)N1CCc2sccc2C1c1ccc(OC)cc1)C(=O)CC. The maximum atomic E-state index is 13.2. The average Bonchev–Trinajstić information content (AvgIpc) is 3.21. The predicted molar refractivity (Wildman–Crippen MR) is 112 cm³/mol. The van der Waals surface area contributed by atoms with Crippen LogP contribution in [0, 0.1) is 0 Å². The summed E-state index contributed by atoms with van der Waals surface area (Å²) in [5.41, 5.74) is 2.22. The Balaban J connectivity index is 1.90. The van der Waals surface area contributed by atoms with E-state index in [0.717, 1.165) is 17.7 Å². The van der Waals surface area contributed by atoms with Gasteiger partial charge in [0.05, 0.1) is 13.2 Å². The number of ether oxygens (including phenoxy) is 1. The Labute approximate surface area is 170 Å². The van der Waals surface area contributed by atoms with Crippen molar-refractivity contribution in [1.29, 1.82) is 0 Å². The first-order valence-electron chi connectivity index (χ1n) is 9.47. The molecule has 0 spiro atoms. The molecule has 0 aliphatic carbocycles. The minimum Gasteiger partial charge on any atom is -0.497 e. The summed E-state index contributed by atoms with van der Waals surface area (Å²) in [5.74, 6) is 0.706. The summed E-state index contributed by atoms with van der Waals surface area (Å²) < 4.78 is 5.27. The largest absolute Gasteiger partial charge is 0.497 e. The van der Waals surface area contributed by atoms with Crippen LogP contribution >= 0.6 is 11.3 Å². The zero-order chi connectivity index (χ0) is 20.1. The first kappa shape index (κ1) is 20.1. The van der Waals surface area contributed by atoms with Crippen LogP contribution in [0.3, 0.4) is 0 Å². The third-order valence-electron chi connectivity index (χ3n) is 5.05. The number of hydrogen-bond donors (Lipinski definition) is 0. The van der Waals surface area contributed by atoms with Crippen molar-refractivity contribution < 1.29 is 14.3 Å². The fraction of sp³-hybridized carbons (Fsp3) is 0.364. The van der Waals surface area contributed by atoms with Crippen molar-refractivity contribution in [2.45, 2.75) is 25.8 Å². The second-order valence-corrected chi connectivity index (χ2v) is 7.73. The van der Waals surface area contributed by atoms with E-state index < -0.39 is 0 Å². The van der Waals surface area contributed by atoms with Gasteiger partial charge in [0.15, 0.2) is 0 Å². The second kappa shape index (κ2) is 9.06. The highest BCUT2D eigenvalue weighted by Gasteiger charge is 2.33. The van der Waals surface area contributed by atoms with Gasteiger partial charge < -0.3 is 14.5 Å². The highest BCUT2D eigenvalue weighted by atomic mass is 32.1. The Kier molecular flexibility index (Phi) is 6.52. The standard InChI is InChI=1S/C22H26N2O3S/c1-4-12-23(20(25)5-2)15-21(26)24-13-10-19-18(11-14-28-19)22(24)16-6-8-17(27-3)9-7-16/h4,6-9,11,14,22H,1,5,10,12-13,15H2,2-3H3. The quantitative estimate of drug-likeness (QED) is 0.669. The van der Waals surface area contributed by atoms with Crippen LogP contribution in [0.1, 0.15) is 35.4 Å². The summed E-state index contributed by atoms with van der Waals surface area (Å²) in [4.78, 5) is 30.2. The maximum Gasteiger partial charge on any atom is 0.243 e. The monoisotopic (exact) mass is 398 g/mol. The highest BCUT2D eigenvalue weighted by molar-refractivity contribution is 7.10. The third kappa shape index (κ3) is 4.12. The smallest absolute Gasteiger partial charge is 0.243 e. The van der Waals surface area contributed by atoms with Crippen molar-refractivity contribution in [3.63, 3.8) is 0 Å². The Hall–Kier alpha value is -2.60. The number of fused-ring (bicyclic) bond motifs is 1. The molecule has 2 amide bonds. The summed E-state index contributed by atoms with van der Waals surface area (Å²) in [6.07, 6.45) is 2.88. The molecule has 0 N–H and O–H groups in total. The molecule has 3 rings (SSSR count). The molecule has 1 aromatic heterocycles. The normalized spacial score (nSPS) is 15.6. The van der Waals surface area contributed by atoms with Crippen LogP contribution in [0.2, 0.25) is 0 Å². The summed E-state index contributed by atoms with van der Waals surface area (Å²) >= 11 is 1.74. The number of hydrogen-bond acceptors (Lipinski definition) is 4. The lowest BCUT2D eigenvalue weighted by atomic mass is 9.93. The fourth-order valence-corrected chi connectivity index (χ4v) is 4.52. The number of carbonyl (C=O) groups is 2. The molecule has 148 valence electrons. The van der Waals surface area contributed by atoms with E-state index in [2.05, 4.69) is 18.0 Å². The number of nitrogens with zero attached hydrogens (tertiary/aromatic N) is 2. The zero-order valence-corrected chi connectivity index (χ0v) is 17.2. The molecule has 1 aliphatic rings. The average molecular weight is 399 g/mol. The molecule has 2 heterocycles. The van der Waals surface area contributed by atoms with E-state index in [-0.39, 0.29) is 24.4 Å². The summed E-state index contributed by atoms with van der Waals surface area (Å²) in [7, 11) is 1.64. The maximum absolute atomic E-state index is 13.2. The van der Waals surface area contributed by atoms with Crippen molar-refractivity contribution >= 4 is 23.2 Å².